The summed E-state index contributed by atoms with van der Waals surface area (Å²) in [5.74, 6) is 0.267. The molecule has 0 bridgehead atoms. The van der Waals surface area contributed by atoms with Crippen molar-refractivity contribution in [1.82, 2.24) is 9.78 Å². The first-order valence-corrected chi connectivity index (χ1v) is 9.48. The lowest BCUT2D eigenvalue weighted by molar-refractivity contribution is -0.116. The Bertz CT molecular complexity index is 1050. The molecule has 0 saturated heterocycles. The van der Waals surface area contributed by atoms with Gasteiger partial charge in [-0.15, -0.1) is 0 Å². The first kappa shape index (κ1) is 19.5. The molecule has 1 heterocycles. The maximum absolute atomic E-state index is 13.0. The number of amides is 1. The van der Waals surface area contributed by atoms with Gasteiger partial charge in [0.05, 0.1) is 11.3 Å². The van der Waals surface area contributed by atoms with Gasteiger partial charge >= 0.3 is 0 Å². The minimum Gasteiger partial charge on any atom is -0.310 e. The zero-order valence-electron chi connectivity index (χ0n) is 16.7. The van der Waals surface area contributed by atoms with E-state index in [1.165, 1.54) is 0 Å². The highest BCUT2D eigenvalue weighted by Crippen LogP contribution is 2.27. The lowest BCUT2D eigenvalue weighted by atomic mass is 10.0. The second-order valence-electron chi connectivity index (χ2n) is 7.05. The Labute approximate surface area is 165 Å². The summed E-state index contributed by atoms with van der Waals surface area (Å²) < 4.78 is 1.65. The largest absolute Gasteiger partial charge is 0.310 e. The van der Waals surface area contributed by atoms with E-state index in [4.69, 9.17) is 0 Å². The predicted molar refractivity (Wildman–Crippen MR) is 113 cm³/mol. The van der Waals surface area contributed by atoms with Crippen molar-refractivity contribution in [3.63, 3.8) is 0 Å². The number of carbonyl (C=O) groups excluding carboxylic acids is 1. The number of rotatable bonds is 5. The maximum atomic E-state index is 13.0. The third-order valence-electron chi connectivity index (χ3n) is 4.61. The molecule has 1 N–H and O–H groups in total. The predicted octanol–water partition coefficient (Wildman–Crippen LogP) is 4.56. The Hall–Kier alpha value is -3.21. The van der Waals surface area contributed by atoms with Crippen molar-refractivity contribution in [3.8, 4) is 16.8 Å². The van der Waals surface area contributed by atoms with Crippen LogP contribution in [0.5, 0.6) is 0 Å². The first-order valence-electron chi connectivity index (χ1n) is 9.48. The smallest absolute Gasteiger partial charge is 0.225 e. The van der Waals surface area contributed by atoms with Crippen LogP contribution in [0.2, 0.25) is 0 Å². The van der Waals surface area contributed by atoms with E-state index in [0.717, 1.165) is 28.8 Å². The summed E-state index contributed by atoms with van der Waals surface area (Å²) in [6.45, 7) is 7.65. The molecule has 5 nitrogen and oxygen atoms in total. The van der Waals surface area contributed by atoms with E-state index in [2.05, 4.69) is 10.4 Å². The lowest BCUT2D eigenvalue weighted by Gasteiger charge is -2.18. The number of anilines is 1. The van der Waals surface area contributed by atoms with E-state index in [-0.39, 0.29) is 11.3 Å². The first-order chi connectivity index (χ1) is 13.4. The number of aryl methyl sites for hydroxylation is 3. The molecular formula is C23H25N3O2. The maximum Gasteiger partial charge on any atom is 0.225 e. The van der Waals surface area contributed by atoms with Crippen LogP contribution in [-0.2, 0) is 4.79 Å². The molecule has 28 heavy (non-hydrogen) atoms. The second kappa shape index (κ2) is 8.21. The zero-order chi connectivity index (χ0) is 20.3. The third kappa shape index (κ3) is 4.03. The molecule has 2 aromatic carbocycles. The number of carbonyl (C=O) groups is 1. The van der Waals surface area contributed by atoms with Crippen molar-refractivity contribution in [2.75, 3.05) is 5.32 Å². The van der Waals surface area contributed by atoms with E-state index in [0.29, 0.717) is 23.5 Å². The minimum atomic E-state index is -0.181. The highest BCUT2D eigenvalue weighted by atomic mass is 16.1. The van der Waals surface area contributed by atoms with Crippen LogP contribution in [0.1, 0.15) is 36.6 Å². The van der Waals surface area contributed by atoms with Crippen LogP contribution in [0.15, 0.2) is 53.3 Å². The van der Waals surface area contributed by atoms with Crippen LogP contribution >= 0.6 is 0 Å². The van der Waals surface area contributed by atoms with E-state index in [1.807, 2.05) is 69.3 Å². The van der Waals surface area contributed by atoms with Crippen molar-refractivity contribution < 1.29 is 4.79 Å². The van der Waals surface area contributed by atoms with Crippen molar-refractivity contribution in [2.45, 2.75) is 40.5 Å². The van der Waals surface area contributed by atoms with Gasteiger partial charge in [-0.3, -0.25) is 9.59 Å². The van der Waals surface area contributed by atoms with E-state index >= 15 is 0 Å². The van der Waals surface area contributed by atoms with Gasteiger partial charge in [0, 0.05) is 6.42 Å². The molecule has 3 rings (SSSR count). The van der Waals surface area contributed by atoms with Gasteiger partial charge in [-0.05, 0) is 44.9 Å². The normalized spacial score (nSPS) is 10.7. The van der Waals surface area contributed by atoms with Crippen LogP contribution in [0.3, 0.4) is 0 Å². The highest BCUT2D eigenvalue weighted by molar-refractivity contribution is 5.94. The fraction of sp³-hybridized carbons (Fsp3) is 0.261. The molecule has 3 aromatic rings. The van der Waals surface area contributed by atoms with Crippen LogP contribution in [0.4, 0.5) is 5.82 Å². The molecule has 0 radical (unpaired) electrons. The molecule has 0 aliphatic heterocycles. The van der Waals surface area contributed by atoms with Gasteiger partial charge in [-0.2, -0.15) is 5.10 Å². The summed E-state index contributed by atoms with van der Waals surface area (Å²) in [7, 11) is 0. The Morgan fingerprint density at radius 1 is 0.964 bits per heavy atom. The molecule has 144 valence electrons. The number of nitrogens with one attached hydrogen (secondary N) is 1. The van der Waals surface area contributed by atoms with E-state index in [9.17, 15) is 9.59 Å². The Kier molecular flexibility index (Phi) is 5.73. The summed E-state index contributed by atoms with van der Waals surface area (Å²) in [5.41, 5.74) is 4.42. The Morgan fingerprint density at radius 3 is 2.11 bits per heavy atom. The molecule has 5 heteroatoms. The number of nitrogens with zero attached hydrogens (tertiary/aromatic N) is 2. The van der Waals surface area contributed by atoms with Gasteiger partial charge in [-0.1, -0.05) is 54.4 Å². The molecule has 0 saturated carbocycles. The summed E-state index contributed by atoms with van der Waals surface area (Å²) in [5, 5.41) is 7.41. The third-order valence-corrected chi connectivity index (χ3v) is 4.61. The minimum absolute atomic E-state index is 0.137. The number of benzene rings is 2. The quantitative estimate of drug-likeness (QED) is 0.711. The second-order valence-corrected chi connectivity index (χ2v) is 7.05. The molecule has 0 spiro atoms. The number of hydrogen-bond donors (Lipinski definition) is 1. The van der Waals surface area contributed by atoms with Gasteiger partial charge in [0.2, 0.25) is 11.3 Å². The Balaban J connectivity index is 2.29. The molecular weight excluding hydrogens is 350 g/mol. The van der Waals surface area contributed by atoms with Crippen LogP contribution in [0.25, 0.3) is 16.8 Å². The van der Waals surface area contributed by atoms with Crippen molar-refractivity contribution in [3.05, 3.63) is 75.6 Å². The zero-order valence-corrected chi connectivity index (χ0v) is 16.7. The molecule has 1 amide bonds. The fourth-order valence-electron chi connectivity index (χ4n) is 3.04. The van der Waals surface area contributed by atoms with E-state index < -0.39 is 0 Å². The van der Waals surface area contributed by atoms with Gasteiger partial charge < -0.3 is 5.32 Å². The van der Waals surface area contributed by atoms with Crippen LogP contribution in [-0.4, -0.2) is 15.7 Å². The lowest BCUT2D eigenvalue weighted by Crippen LogP contribution is -2.24. The average Bonchev–Trinajstić information content (AvgIpc) is 2.67. The Morgan fingerprint density at radius 2 is 1.54 bits per heavy atom. The summed E-state index contributed by atoms with van der Waals surface area (Å²) >= 11 is 0. The summed E-state index contributed by atoms with van der Waals surface area (Å²) in [4.78, 5) is 25.5. The molecule has 0 aliphatic carbocycles. The van der Waals surface area contributed by atoms with Gasteiger partial charge in [0.15, 0.2) is 0 Å². The van der Waals surface area contributed by atoms with Crippen molar-refractivity contribution in [1.29, 1.82) is 0 Å². The van der Waals surface area contributed by atoms with Crippen molar-refractivity contribution in [2.24, 2.45) is 0 Å². The highest BCUT2D eigenvalue weighted by Gasteiger charge is 2.20. The monoisotopic (exact) mass is 375 g/mol. The fourth-order valence-corrected chi connectivity index (χ4v) is 3.04. The molecule has 0 atom stereocenters. The van der Waals surface area contributed by atoms with Crippen LogP contribution in [0, 0.1) is 20.8 Å². The van der Waals surface area contributed by atoms with Crippen molar-refractivity contribution >= 4 is 11.7 Å². The summed E-state index contributed by atoms with van der Waals surface area (Å²) in [6, 6.07) is 15.5. The van der Waals surface area contributed by atoms with Gasteiger partial charge in [-0.25, -0.2) is 4.68 Å². The van der Waals surface area contributed by atoms with E-state index in [1.54, 1.807) is 11.6 Å². The van der Waals surface area contributed by atoms with Crippen LogP contribution < -0.4 is 10.7 Å². The standard InChI is InChI=1S/C23H25N3O2/c1-5-6-20(27)24-23-21(18-11-7-15(2)8-12-18)22(28)17(4)25-26(23)19-13-9-16(3)10-14-19/h7-14H,5-6H2,1-4H3,(H,24,27). The summed E-state index contributed by atoms with van der Waals surface area (Å²) in [6.07, 6.45) is 1.10. The topological polar surface area (TPSA) is 64.0 Å². The van der Waals surface area contributed by atoms with Gasteiger partial charge in [0.25, 0.3) is 0 Å². The number of aromatic nitrogens is 2. The van der Waals surface area contributed by atoms with Gasteiger partial charge in [0.1, 0.15) is 11.5 Å². The molecule has 0 unspecified atom stereocenters. The molecule has 0 fully saturated rings. The SMILES string of the molecule is CCCC(=O)Nc1c(-c2ccc(C)cc2)c(=O)c(C)nn1-c1ccc(C)cc1. The molecule has 0 aliphatic rings. The molecule has 1 aromatic heterocycles. The average molecular weight is 375 g/mol. The number of hydrogen-bond acceptors (Lipinski definition) is 3.